The molecule has 0 atom stereocenters. The van der Waals surface area contributed by atoms with Crippen LogP contribution in [0.3, 0.4) is 0 Å². The largest absolute Gasteiger partial charge is 0.462 e. The molecule has 1 N–H and O–H groups in total. The zero-order valence-corrected chi connectivity index (χ0v) is 15.7. The van der Waals surface area contributed by atoms with Crippen LogP contribution >= 0.6 is 0 Å². The zero-order valence-electron chi connectivity index (χ0n) is 15.7. The second kappa shape index (κ2) is 7.56. The first-order valence-corrected chi connectivity index (χ1v) is 8.97. The Morgan fingerprint density at radius 3 is 2.65 bits per heavy atom. The van der Waals surface area contributed by atoms with Crippen LogP contribution in [-0.2, 0) is 11.2 Å². The second-order valence-corrected chi connectivity index (χ2v) is 6.38. The van der Waals surface area contributed by atoms with E-state index in [2.05, 4.69) is 35.4 Å². The number of nitrogens with zero attached hydrogens (tertiary/aromatic N) is 1. The molecule has 0 saturated carbocycles. The molecule has 26 heavy (non-hydrogen) atoms. The van der Waals surface area contributed by atoms with E-state index >= 15 is 0 Å². The number of carbonyl (C=O) groups excluding carboxylic acids is 1. The Hall–Kier alpha value is -2.88. The van der Waals surface area contributed by atoms with E-state index in [4.69, 9.17) is 4.74 Å². The van der Waals surface area contributed by atoms with Crippen LogP contribution in [0.1, 0.15) is 40.9 Å². The standard InChI is InChI=1S/C22H24N2O2/c1-5-16-9-7-8-10-19(16)24-21-17-12-14(3)11-15(4)20(17)23-13-18(21)22(25)26-6-2/h7-13H,5-6H2,1-4H3,(H,23,24). The Morgan fingerprint density at radius 2 is 1.92 bits per heavy atom. The Morgan fingerprint density at radius 1 is 1.15 bits per heavy atom. The molecule has 0 fully saturated rings. The molecule has 4 nitrogen and oxygen atoms in total. The normalized spacial score (nSPS) is 10.8. The van der Waals surface area contributed by atoms with Crippen molar-refractivity contribution in [3.63, 3.8) is 0 Å². The van der Waals surface area contributed by atoms with Crippen LogP contribution in [0, 0.1) is 13.8 Å². The first-order valence-electron chi connectivity index (χ1n) is 8.97. The molecule has 0 aliphatic carbocycles. The number of carbonyl (C=O) groups is 1. The molecular weight excluding hydrogens is 324 g/mol. The second-order valence-electron chi connectivity index (χ2n) is 6.38. The van der Waals surface area contributed by atoms with Gasteiger partial charge in [-0.25, -0.2) is 4.79 Å². The summed E-state index contributed by atoms with van der Waals surface area (Å²) < 4.78 is 5.25. The van der Waals surface area contributed by atoms with E-state index in [0.29, 0.717) is 12.2 Å². The molecule has 4 heteroatoms. The van der Waals surface area contributed by atoms with Gasteiger partial charge in [0.2, 0.25) is 0 Å². The molecule has 0 radical (unpaired) electrons. The fraction of sp³-hybridized carbons (Fsp3) is 0.273. The number of hydrogen-bond donors (Lipinski definition) is 1. The molecule has 0 bridgehead atoms. The van der Waals surface area contributed by atoms with Crippen molar-refractivity contribution in [1.29, 1.82) is 0 Å². The summed E-state index contributed by atoms with van der Waals surface area (Å²) >= 11 is 0. The fourth-order valence-corrected chi connectivity index (χ4v) is 3.24. The maximum absolute atomic E-state index is 12.5. The van der Waals surface area contributed by atoms with Crippen molar-refractivity contribution in [3.8, 4) is 0 Å². The van der Waals surface area contributed by atoms with Gasteiger partial charge in [-0.15, -0.1) is 0 Å². The molecule has 2 aromatic carbocycles. The summed E-state index contributed by atoms with van der Waals surface area (Å²) in [4.78, 5) is 17.1. The van der Waals surface area contributed by atoms with Crippen molar-refractivity contribution in [1.82, 2.24) is 4.98 Å². The van der Waals surface area contributed by atoms with Gasteiger partial charge in [-0.1, -0.05) is 36.8 Å². The van der Waals surface area contributed by atoms with E-state index in [-0.39, 0.29) is 5.97 Å². The molecule has 3 aromatic rings. The third-order valence-corrected chi connectivity index (χ3v) is 4.46. The molecule has 1 aromatic heterocycles. The van der Waals surface area contributed by atoms with Crippen LogP contribution in [-0.4, -0.2) is 17.6 Å². The lowest BCUT2D eigenvalue weighted by Gasteiger charge is -2.17. The quantitative estimate of drug-likeness (QED) is 0.633. The van der Waals surface area contributed by atoms with Crippen molar-refractivity contribution < 1.29 is 9.53 Å². The number of pyridine rings is 1. The molecule has 0 spiro atoms. The van der Waals surface area contributed by atoms with Crippen molar-refractivity contribution in [2.24, 2.45) is 0 Å². The number of aryl methyl sites for hydroxylation is 3. The van der Waals surface area contributed by atoms with Gasteiger partial charge in [0.1, 0.15) is 5.56 Å². The summed E-state index contributed by atoms with van der Waals surface area (Å²) in [5, 5.41) is 4.42. The summed E-state index contributed by atoms with van der Waals surface area (Å²) in [6.07, 6.45) is 2.51. The van der Waals surface area contributed by atoms with Gasteiger partial charge < -0.3 is 10.1 Å². The van der Waals surface area contributed by atoms with Crippen molar-refractivity contribution in [2.45, 2.75) is 34.1 Å². The lowest BCUT2D eigenvalue weighted by molar-refractivity contribution is 0.0527. The van der Waals surface area contributed by atoms with Gasteiger partial charge in [0.15, 0.2) is 0 Å². The van der Waals surface area contributed by atoms with Crippen molar-refractivity contribution in [2.75, 3.05) is 11.9 Å². The number of para-hydroxylation sites is 1. The minimum Gasteiger partial charge on any atom is -0.462 e. The zero-order chi connectivity index (χ0) is 18.7. The van der Waals surface area contributed by atoms with E-state index in [1.165, 1.54) is 5.56 Å². The number of nitrogens with one attached hydrogen (secondary N) is 1. The van der Waals surface area contributed by atoms with Crippen LogP contribution < -0.4 is 5.32 Å². The highest BCUT2D eigenvalue weighted by atomic mass is 16.5. The highest BCUT2D eigenvalue weighted by Crippen LogP contribution is 2.33. The van der Waals surface area contributed by atoms with Gasteiger partial charge in [0.25, 0.3) is 0 Å². The predicted molar refractivity (Wildman–Crippen MR) is 106 cm³/mol. The van der Waals surface area contributed by atoms with Gasteiger partial charge >= 0.3 is 5.97 Å². The summed E-state index contributed by atoms with van der Waals surface area (Å²) in [6.45, 7) is 8.34. The fourth-order valence-electron chi connectivity index (χ4n) is 3.24. The number of fused-ring (bicyclic) bond motifs is 1. The van der Waals surface area contributed by atoms with E-state index in [0.717, 1.165) is 39.8 Å². The molecule has 3 rings (SSSR count). The molecule has 0 unspecified atom stereocenters. The first-order chi connectivity index (χ1) is 12.5. The topological polar surface area (TPSA) is 51.2 Å². The lowest BCUT2D eigenvalue weighted by atomic mass is 10.0. The number of esters is 1. The molecule has 1 heterocycles. The van der Waals surface area contributed by atoms with Crippen LogP contribution in [0.15, 0.2) is 42.6 Å². The van der Waals surface area contributed by atoms with E-state index < -0.39 is 0 Å². The molecule has 0 aliphatic heterocycles. The minimum absolute atomic E-state index is 0.328. The Bertz CT molecular complexity index is 964. The lowest BCUT2D eigenvalue weighted by Crippen LogP contribution is -2.10. The third kappa shape index (κ3) is 3.40. The molecule has 0 aliphatic rings. The summed E-state index contributed by atoms with van der Waals surface area (Å²) in [5.41, 5.74) is 6.49. The maximum Gasteiger partial charge on any atom is 0.341 e. The van der Waals surface area contributed by atoms with Gasteiger partial charge in [-0.05, 0) is 50.5 Å². The van der Waals surface area contributed by atoms with E-state index in [1.807, 2.05) is 32.0 Å². The van der Waals surface area contributed by atoms with Crippen molar-refractivity contribution >= 4 is 28.2 Å². The number of benzene rings is 2. The molecule has 0 amide bonds. The van der Waals surface area contributed by atoms with Gasteiger partial charge in [-0.2, -0.15) is 0 Å². The van der Waals surface area contributed by atoms with Crippen LogP contribution in [0.5, 0.6) is 0 Å². The Kier molecular flexibility index (Phi) is 5.21. The van der Waals surface area contributed by atoms with Crippen LogP contribution in [0.4, 0.5) is 11.4 Å². The highest BCUT2D eigenvalue weighted by Gasteiger charge is 2.18. The number of aromatic nitrogens is 1. The summed E-state index contributed by atoms with van der Waals surface area (Å²) in [6, 6.07) is 12.3. The van der Waals surface area contributed by atoms with Gasteiger partial charge in [-0.3, -0.25) is 4.98 Å². The first kappa shape index (κ1) is 17.9. The highest BCUT2D eigenvalue weighted by molar-refractivity contribution is 6.06. The smallest absolute Gasteiger partial charge is 0.341 e. The minimum atomic E-state index is -0.363. The van der Waals surface area contributed by atoms with Crippen molar-refractivity contribution in [3.05, 3.63) is 64.8 Å². The van der Waals surface area contributed by atoms with Gasteiger partial charge in [0.05, 0.1) is 17.8 Å². The van der Waals surface area contributed by atoms with E-state index in [1.54, 1.807) is 13.1 Å². The monoisotopic (exact) mass is 348 g/mol. The summed E-state index contributed by atoms with van der Waals surface area (Å²) in [5.74, 6) is -0.363. The number of ether oxygens (including phenoxy) is 1. The SMILES string of the molecule is CCOC(=O)c1cnc2c(C)cc(C)cc2c1Nc1ccccc1CC. The maximum atomic E-state index is 12.5. The van der Waals surface area contributed by atoms with E-state index in [9.17, 15) is 4.79 Å². The molecular formula is C22H24N2O2. The third-order valence-electron chi connectivity index (χ3n) is 4.46. The molecule has 134 valence electrons. The number of hydrogen-bond acceptors (Lipinski definition) is 4. The average Bonchev–Trinajstić information content (AvgIpc) is 2.62. The number of anilines is 2. The molecule has 0 saturated heterocycles. The Balaban J connectivity index is 2.24. The van der Waals surface area contributed by atoms with Gasteiger partial charge in [0, 0.05) is 17.3 Å². The van der Waals surface area contributed by atoms with Crippen LogP contribution in [0.2, 0.25) is 0 Å². The summed E-state index contributed by atoms with van der Waals surface area (Å²) in [7, 11) is 0. The predicted octanol–water partition coefficient (Wildman–Crippen LogP) is 5.33. The number of rotatable bonds is 5. The average molecular weight is 348 g/mol. The Labute approximate surface area is 154 Å². The van der Waals surface area contributed by atoms with Crippen LogP contribution in [0.25, 0.3) is 10.9 Å².